The van der Waals surface area contributed by atoms with Crippen molar-refractivity contribution in [2.45, 2.75) is 20.5 Å². The van der Waals surface area contributed by atoms with Crippen LogP contribution in [0.1, 0.15) is 9.67 Å². The molecule has 27 heavy (non-hydrogen) atoms. The fourth-order valence-electron chi connectivity index (χ4n) is 2.55. The normalized spacial score (nSPS) is 11.7. The summed E-state index contributed by atoms with van der Waals surface area (Å²) in [6, 6.07) is 4.49. The van der Waals surface area contributed by atoms with Gasteiger partial charge in [-0.3, -0.25) is 0 Å². The van der Waals surface area contributed by atoms with Gasteiger partial charge in [0.05, 0.1) is 33.0 Å². The van der Waals surface area contributed by atoms with Crippen molar-refractivity contribution in [1.82, 2.24) is 9.55 Å². The molecular weight excluding hydrogens is 472 g/mol. The molecule has 0 amide bonds. The molecule has 0 saturated carbocycles. The minimum atomic E-state index is -3.84. The van der Waals surface area contributed by atoms with E-state index in [0.29, 0.717) is 26.3 Å². The van der Waals surface area contributed by atoms with E-state index < -0.39 is 15.8 Å². The molecule has 0 bridgehead atoms. The zero-order valence-electron chi connectivity index (χ0n) is 14.4. The van der Waals surface area contributed by atoms with Crippen molar-refractivity contribution in [3.05, 3.63) is 46.5 Å². The molecule has 3 rings (SSSR count). The number of carbonyl (C=O) groups excluding carboxylic acids is 1. The lowest BCUT2D eigenvalue weighted by atomic mass is 10.3. The fourth-order valence-corrected chi connectivity index (χ4v) is 7.21. The number of imidazole rings is 1. The number of methoxy groups -OCH3 is 1. The number of aromatic nitrogens is 2. The van der Waals surface area contributed by atoms with Crippen molar-refractivity contribution in [1.29, 1.82) is 0 Å². The van der Waals surface area contributed by atoms with Gasteiger partial charge in [-0.2, -0.15) is 0 Å². The van der Waals surface area contributed by atoms with Crippen LogP contribution in [0, 0.1) is 0 Å². The molecule has 6 nitrogen and oxygen atoms in total. The van der Waals surface area contributed by atoms with Crippen LogP contribution in [0.15, 0.2) is 55.7 Å². The fraction of sp³-hybridized carbons (Fsp3) is 0.176. The highest BCUT2D eigenvalue weighted by Crippen LogP contribution is 2.38. The van der Waals surface area contributed by atoms with Crippen molar-refractivity contribution >= 4 is 65.9 Å². The first kappa shape index (κ1) is 20.1. The van der Waals surface area contributed by atoms with Crippen LogP contribution in [0.3, 0.4) is 0 Å². The Morgan fingerprint density at radius 2 is 2.19 bits per heavy atom. The second kappa shape index (κ2) is 7.78. The Labute approximate surface area is 173 Å². The maximum atomic E-state index is 13.3. The molecule has 0 spiro atoms. The van der Waals surface area contributed by atoms with Gasteiger partial charge in [-0.1, -0.05) is 6.08 Å². The number of thiophene rings is 1. The number of ether oxygens (including phenoxy) is 1. The zero-order valence-corrected chi connectivity index (χ0v) is 18.5. The number of nitrogens with zero attached hydrogens (tertiary/aromatic N) is 2. The minimum Gasteiger partial charge on any atom is -0.465 e. The number of hydrogen-bond donors (Lipinski definition) is 0. The van der Waals surface area contributed by atoms with E-state index in [2.05, 4.69) is 27.5 Å². The van der Waals surface area contributed by atoms with E-state index in [9.17, 15) is 13.2 Å². The van der Waals surface area contributed by atoms with Gasteiger partial charge in [0.2, 0.25) is 9.84 Å². The Hall–Kier alpha value is -1.62. The number of halogens is 1. The third kappa shape index (κ3) is 3.58. The molecule has 0 saturated heterocycles. The van der Waals surface area contributed by atoms with E-state index >= 15 is 0 Å². The maximum absolute atomic E-state index is 13.3. The number of sulfone groups is 1. The lowest BCUT2D eigenvalue weighted by molar-refractivity contribution is 0.0606. The summed E-state index contributed by atoms with van der Waals surface area (Å²) in [5.41, 5.74) is 1.35. The Morgan fingerprint density at radius 1 is 1.44 bits per heavy atom. The summed E-state index contributed by atoms with van der Waals surface area (Å²) in [4.78, 5) is 16.6. The second-order valence-electron chi connectivity index (χ2n) is 5.42. The van der Waals surface area contributed by atoms with Crippen molar-refractivity contribution in [2.24, 2.45) is 0 Å². The predicted molar refractivity (Wildman–Crippen MR) is 111 cm³/mol. The van der Waals surface area contributed by atoms with Crippen LogP contribution >= 0.6 is 39.0 Å². The molecule has 10 heteroatoms. The Morgan fingerprint density at radius 3 is 2.81 bits per heavy atom. The van der Waals surface area contributed by atoms with Gasteiger partial charge in [0.25, 0.3) is 0 Å². The standard InChI is InChI=1S/C17H15BrN2O4S3/c1-4-5-20-9-19-15-11(18)6-10(7-12(15)20)27(22,23)14-8-13(16(21)24-2)26-17(14)25-3/h4,6-9H,1,5H2,2-3H3. The van der Waals surface area contributed by atoms with Crippen LogP contribution in [0.25, 0.3) is 11.0 Å². The summed E-state index contributed by atoms with van der Waals surface area (Å²) in [6.07, 6.45) is 5.12. The average Bonchev–Trinajstić information content (AvgIpc) is 3.26. The third-order valence-corrected chi connectivity index (χ3v) is 8.69. The summed E-state index contributed by atoms with van der Waals surface area (Å²) in [7, 11) is -2.58. The number of rotatable bonds is 6. The third-order valence-electron chi connectivity index (χ3n) is 3.82. The minimum absolute atomic E-state index is 0.0986. The largest absolute Gasteiger partial charge is 0.465 e. The van der Waals surface area contributed by atoms with Gasteiger partial charge in [-0.05, 0) is 40.4 Å². The number of esters is 1. The molecule has 0 fully saturated rings. The predicted octanol–water partition coefficient (Wildman–Crippen LogP) is 4.39. The number of allylic oxidation sites excluding steroid dienone is 1. The SMILES string of the molecule is C=CCn1cnc2c(Br)cc(S(=O)(=O)c3cc(C(=O)OC)sc3SC)cc21. The van der Waals surface area contributed by atoms with Gasteiger partial charge in [0, 0.05) is 11.0 Å². The number of fused-ring (bicyclic) bond motifs is 1. The van der Waals surface area contributed by atoms with Gasteiger partial charge < -0.3 is 9.30 Å². The summed E-state index contributed by atoms with van der Waals surface area (Å²) in [5.74, 6) is -0.558. The van der Waals surface area contributed by atoms with Crippen molar-refractivity contribution in [2.75, 3.05) is 13.4 Å². The second-order valence-corrected chi connectivity index (χ2v) is 10.3. The monoisotopic (exact) mass is 486 g/mol. The Kier molecular flexibility index (Phi) is 5.80. The summed E-state index contributed by atoms with van der Waals surface area (Å²) >= 11 is 5.79. The summed E-state index contributed by atoms with van der Waals surface area (Å²) in [5, 5.41) is 0. The van der Waals surface area contributed by atoms with Crippen LogP contribution in [0.4, 0.5) is 0 Å². The summed E-state index contributed by atoms with van der Waals surface area (Å²) < 4.78 is 34.2. The van der Waals surface area contributed by atoms with Crippen molar-refractivity contribution in [3.63, 3.8) is 0 Å². The number of carbonyl (C=O) groups is 1. The van der Waals surface area contributed by atoms with Crippen LogP contribution in [0.2, 0.25) is 0 Å². The van der Waals surface area contributed by atoms with Gasteiger partial charge in [0.1, 0.15) is 10.4 Å². The topological polar surface area (TPSA) is 78.3 Å². The lowest BCUT2D eigenvalue weighted by Gasteiger charge is -2.07. The highest BCUT2D eigenvalue weighted by Gasteiger charge is 2.27. The highest BCUT2D eigenvalue weighted by molar-refractivity contribution is 9.10. The zero-order chi connectivity index (χ0) is 19.8. The van der Waals surface area contributed by atoms with E-state index in [4.69, 9.17) is 4.74 Å². The number of benzene rings is 1. The highest BCUT2D eigenvalue weighted by atomic mass is 79.9. The first-order valence-electron chi connectivity index (χ1n) is 7.60. The van der Waals surface area contributed by atoms with Crippen molar-refractivity contribution < 1.29 is 17.9 Å². The molecular formula is C17H15BrN2O4S3. The van der Waals surface area contributed by atoms with E-state index in [-0.39, 0.29) is 14.7 Å². The molecule has 3 aromatic rings. The van der Waals surface area contributed by atoms with Crippen molar-refractivity contribution in [3.8, 4) is 0 Å². The van der Waals surface area contributed by atoms with E-state index in [0.717, 1.165) is 11.3 Å². The molecule has 2 aromatic heterocycles. The molecule has 2 heterocycles. The van der Waals surface area contributed by atoms with Crippen LogP contribution in [-0.4, -0.2) is 37.3 Å². The van der Waals surface area contributed by atoms with E-state index in [1.165, 1.54) is 31.0 Å². The smallest absolute Gasteiger partial charge is 0.348 e. The summed E-state index contributed by atoms with van der Waals surface area (Å²) in [6.45, 7) is 4.22. The molecule has 0 N–H and O–H groups in total. The first-order chi connectivity index (χ1) is 12.8. The van der Waals surface area contributed by atoms with Gasteiger partial charge >= 0.3 is 5.97 Å². The Bertz CT molecular complexity index is 1150. The van der Waals surface area contributed by atoms with E-state index in [1.807, 2.05) is 4.57 Å². The van der Waals surface area contributed by atoms with E-state index in [1.54, 1.807) is 24.7 Å². The molecule has 0 aliphatic heterocycles. The van der Waals surface area contributed by atoms with Crippen LogP contribution in [-0.2, 0) is 21.1 Å². The van der Waals surface area contributed by atoms with Gasteiger partial charge in [-0.25, -0.2) is 18.2 Å². The molecule has 0 aliphatic carbocycles. The molecule has 0 atom stereocenters. The van der Waals surface area contributed by atoms with Gasteiger partial charge in [-0.15, -0.1) is 29.7 Å². The Balaban J connectivity index is 2.20. The molecule has 0 aliphatic rings. The molecule has 0 unspecified atom stereocenters. The van der Waals surface area contributed by atoms with Gasteiger partial charge in [0.15, 0.2) is 0 Å². The quantitative estimate of drug-likeness (QED) is 0.292. The lowest BCUT2D eigenvalue weighted by Crippen LogP contribution is -2.04. The molecule has 1 aromatic carbocycles. The van der Waals surface area contributed by atoms with Crippen LogP contribution < -0.4 is 0 Å². The average molecular weight is 487 g/mol. The molecule has 0 radical (unpaired) electrons. The maximum Gasteiger partial charge on any atom is 0.348 e. The number of hydrogen-bond acceptors (Lipinski definition) is 7. The first-order valence-corrected chi connectivity index (χ1v) is 11.9. The molecule has 142 valence electrons. The van der Waals surface area contributed by atoms with Crippen LogP contribution in [0.5, 0.6) is 0 Å². The number of thioether (sulfide) groups is 1.